The van der Waals surface area contributed by atoms with Gasteiger partial charge in [-0.25, -0.2) is 17.5 Å². The summed E-state index contributed by atoms with van der Waals surface area (Å²) in [7, 11) is -3.49. The predicted molar refractivity (Wildman–Crippen MR) is 92.3 cm³/mol. The average molecular weight is 365 g/mol. The Kier molecular flexibility index (Phi) is 7.91. The van der Waals surface area contributed by atoms with Gasteiger partial charge in [-0.1, -0.05) is 6.92 Å². The number of amides is 1. The lowest BCUT2D eigenvalue weighted by Crippen LogP contribution is -2.49. The number of rotatable bonds is 7. The lowest BCUT2D eigenvalue weighted by Gasteiger charge is -2.32. The third-order valence-corrected chi connectivity index (χ3v) is 5.56. The van der Waals surface area contributed by atoms with E-state index in [4.69, 9.17) is 4.74 Å². The molecular formula is C15H31N3O5S. The molecule has 1 fully saturated rings. The molecule has 0 aromatic rings. The molecule has 1 aliphatic heterocycles. The van der Waals surface area contributed by atoms with Crippen LogP contribution >= 0.6 is 0 Å². The molecule has 0 bridgehead atoms. The van der Waals surface area contributed by atoms with Gasteiger partial charge in [0.1, 0.15) is 5.60 Å². The average Bonchev–Trinajstić information content (AvgIpc) is 2.43. The van der Waals surface area contributed by atoms with Crippen molar-refractivity contribution in [3.05, 3.63) is 0 Å². The Balaban J connectivity index is 2.42. The Hall–Kier alpha value is -0.900. The fourth-order valence-corrected chi connectivity index (χ4v) is 4.05. The molecule has 0 aliphatic carbocycles. The van der Waals surface area contributed by atoms with E-state index < -0.39 is 27.8 Å². The number of hydrogen-bond donors (Lipinski definition) is 3. The standard InChI is InChI=1S/C15H31N3O5S/c1-5-16-10-13(19)11-24(21,22)18-8-6-12(7-9-18)17-14(20)23-15(2,3)4/h12-13,16,19H,5-11H2,1-4H3,(H,17,20). The van der Waals surface area contributed by atoms with Crippen molar-refractivity contribution in [2.24, 2.45) is 0 Å². The van der Waals surface area contributed by atoms with E-state index in [2.05, 4.69) is 10.6 Å². The number of alkyl carbamates (subject to hydrolysis) is 1. The number of aliphatic hydroxyl groups excluding tert-OH is 1. The Morgan fingerprint density at radius 1 is 1.33 bits per heavy atom. The van der Waals surface area contributed by atoms with Crippen LogP contribution in [0.1, 0.15) is 40.5 Å². The van der Waals surface area contributed by atoms with E-state index in [1.54, 1.807) is 20.8 Å². The molecule has 1 heterocycles. The van der Waals surface area contributed by atoms with E-state index >= 15 is 0 Å². The molecule has 1 saturated heterocycles. The Labute approximate surface area is 145 Å². The number of hydrogen-bond acceptors (Lipinski definition) is 6. The second kappa shape index (κ2) is 8.98. The van der Waals surface area contributed by atoms with Gasteiger partial charge in [0, 0.05) is 25.7 Å². The lowest BCUT2D eigenvalue weighted by atomic mass is 10.1. The molecule has 0 radical (unpaired) electrons. The van der Waals surface area contributed by atoms with Gasteiger partial charge in [0.05, 0.1) is 11.9 Å². The Bertz CT molecular complexity index is 496. The molecule has 1 amide bonds. The van der Waals surface area contributed by atoms with E-state index in [9.17, 15) is 18.3 Å². The van der Waals surface area contributed by atoms with Crippen LogP contribution in [0.25, 0.3) is 0 Å². The third kappa shape index (κ3) is 7.78. The summed E-state index contributed by atoms with van der Waals surface area (Å²) in [6.45, 7) is 8.86. The number of ether oxygens (including phenoxy) is 1. The molecule has 1 unspecified atom stereocenters. The van der Waals surface area contributed by atoms with Gasteiger partial charge in [0.2, 0.25) is 10.0 Å². The van der Waals surface area contributed by atoms with E-state index in [0.29, 0.717) is 32.5 Å². The monoisotopic (exact) mass is 365 g/mol. The van der Waals surface area contributed by atoms with Crippen molar-refractivity contribution >= 4 is 16.1 Å². The first-order valence-corrected chi connectivity index (χ1v) is 10.0. The van der Waals surface area contributed by atoms with Gasteiger partial charge < -0.3 is 20.5 Å². The highest BCUT2D eigenvalue weighted by Crippen LogP contribution is 2.16. The van der Waals surface area contributed by atoms with Gasteiger partial charge in [0.25, 0.3) is 0 Å². The van der Waals surface area contributed by atoms with Gasteiger partial charge >= 0.3 is 6.09 Å². The summed E-state index contributed by atoms with van der Waals surface area (Å²) >= 11 is 0. The molecule has 8 nitrogen and oxygen atoms in total. The van der Waals surface area contributed by atoms with Crippen molar-refractivity contribution in [3.8, 4) is 0 Å². The van der Waals surface area contributed by atoms with Crippen molar-refractivity contribution in [3.63, 3.8) is 0 Å². The number of carbonyl (C=O) groups is 1. The molecule has 9 heteroatoms. The fourth-order valence-electron chi connectivity index (χ4n) is 2.47. The molecule has 1 rings (SSSR count). The topological polar surface area (TPSA) is 108 Å². The third-order valence-electron chi connectivity index (χ3n) is 3.60. The van der Waals surface area contributed by atoms with Crippen LogP contribution in [0.3, 0.4) is 0 Å². The zero-order valence-electron chi connectivity index (χ0n) is 15.0. The zero-order chi connectivity index (χ0) is 18.4. The molecular weight excluding hydrogens is 334 g/mol. The zero-order valence-corrected chi connectivity index (χ0v) is 15.9. The number of piperidine rings is 1. The summed E-state index contributed by atoms with van der Waals surface area (Å²) in [6.07, 6.45) is -0.346. The first kappa shape index (κ1) is 21.1. The minimum Gasteiger partial charge on any atom is -0.444 e. The van der Waals surface area contributed by atoms with Crippen molar-refractivity contribution < 1.29 is 23.1 Å². The number of carbonyl (C=O) groups excluding carboxylic acids is 1. The SMILES string of the molecule is CCNCC(O)CS(=O)(=O)N1CCC(NC(=O)OC(C)(C)C)CC1. The van der Waals surface area contributed by atoms with Gasteiger partial charge in [-0.05, 0) is 40.2 Å². The van der Waals surface area contributed by atoms with Crippen LogP contribution in [0.4, 0.5) is 4.79 Å². The van der Waals surface area contributed by atoms with Crippen LogP contribution in [-0.2, 0) is 14.8 Å². The van der Waals surface area contributed by atoms with Gasteiger partial charge in [0.15, 0.2) is 0 Å². The smallest absolute Gasteiger partial charge is 0.407 e. The summed E-state index contributed by atoms with van der Waals surface area (Å²) in [5, 5.41) is 15.5. The fraction of sp³-hybridized carbons (Fsp3) is 0.933. The van der Waals surface area contributed by atoms with Crippen molar-refractivity contribution in [1.82, 2.24) is 14.9 Å². The Morgan fingerprint density at radius 2 is 1.92 bits per heavy atom. The highest BCUT2D eigenvalue weighted by Gasteiger charge is 2.30. The molecule has 3 N–H and O–H groups in total. The second-order valence-electron chi connectivity index (χ2n) is 7.06. The molecule has 142 valence electrons. The molecule has 0 aromatic carbocycles. The molecule has 0 spiro atoms. The quantitative estimate of drug-likeness (QED) is 0.598. The van der Waals surface area contributed by atoms with E-state index in [0.717, 1.165) is 0 Å². The minimum absolute atomic E-state index is 0.0991. The lowest BCUT2D eigenvalue weighted by molar-refractivity contribution is 0.0489. The number of likely N-dealkylation sites (N-methyl/N-ethyl adjacent to an activating group) is 1. The summed E-state index contributed by atoms with van der Waals surface area (Å²) in [6, 6.07) is -0.0991. The predicted octanol–water partition coefficient (Wildman–Crippen LogP) is 0.276. The minimum atomic E-state index is -3.49. The summed E-state index contributed by atoms with van der Waals surface area (Å²) < 4.78 is 31.2. The van der Waals surface area contributed by atoms with Crippen molar-refractivity contribution in [2.75, 3.05) is 31.9 Å². The first-order chi connectivity index (χ1) is 11.0. The number of nitrogens with zero attached hydrogens (tertiary/aromatic N) is 1. The molecule has 1 aliphatic rings. The number of nitrogens with one attached hydrogen (secondary N) is 2. The van der Waals surface area contributed by atoms with Crippen LogP contribution < -0.4 is 10.6 Å². The normalized spacial score (nSPS) is 19.0. The second-order valence-corrected chi connectivity index (χ2v) is 9.07. The van der Waals surface area contributed by atoms with Crippen molar-refractivity contribution in [1.29, 1.82) is 0 Å². The highest BCUT2D eigenvalue weighted by atomic mass is 32.2. The number of aliphatic hydroxyl groups is 1. The van der Waals surface area contributed by atoms with Gasteiger partial charge in [-0.2, -0.15) is 0 Å². The van der Waals surface area contributed by atoms with E-state index in [-0.39, 0.29) is 18.3 Å². The van der Waals surface area contributed by atoms with Gasteiger partial charge in [-0.3, -0.25) is 0 Å². The van der Waals surface area contributed by atoms with Crippen LogP contribution in [0.15, 0.2) is 0 Å². The molecule has 0 aromatic heterocycles. The highest BCUT2D eigenvalue weighted by molar-refractivity contribution is 7.89. The van der Waals surface area contributed by atoms with Crippen LogP contribution in [-0.4, -0.2) is 73.6 Å². The van der Waals surface area contributed by atoms with Crippen molar-refractivity contribution in [2.45, 2.75) is 58.3 Å². The summed E-state index contributed by atoms with van der Waals surface area (Å²) in [5.41, 5.74) is -0.559. The molecule has 0 saturated carbocycles. The van der Waals surface area contributed by atoms with Crippen LogP contribution in [0.2, 0.25) is 0 Å². The number of sulfonamides is 1. The maximum Gasteiger partial charge on any atom is 0.407 e. The molecule has 24 heavy (non-hydrogen) atoms. The van der Waals surface area contributed by atoms with Crippen LogP contribution in [0, 0.1) is 0 Å². The Morgan fingerprint density at radius 3 is 2.42 bits per heavy atom. The maximum atomic E-state index is 12.3. The van der Waals surface area contributed by atoms with Crippen LogP contribution in [0.5, 0.6) is 0 Å². The van der Waals surface area contributed by atoms with E-state index in [1.165, 1.54) is 4.31 Å². The largest absolute Gasteiger partial charge is 0.444 e. The molecule has 1 atom stereocenters. The first-order valence-electron chi connectivity index (χ1n) is 8.39. The van der Waals surface area contributed by atoms with Gasteiger partial charge in [-0.15, -0.1) is 0 Å². The summed E-state index contributed by atoms with van der Waals surface area (Å²) in [4.78, 5) is 11.7. The summed E-state index contributed by atoms with van der Waals surface area (Å²) in [5.74, 6) is -0.288. The van der Waals surface area contributed by atoms with E-state index in [1.807, 2.05) is 6.92 Å². The maximum absolute atomic E-state index is 12.3.